The van der Waals surface area contributed by atoms with E-state index in [-0.39, 0.29) is 0 Å². The lowest BCUT2D eigenvalue weighted by Gasteiger charge is -2.42. The summed E-state index contributed by atoms with van der Waals surface area (Å²) in [5.41, 5.74) is 0. The van der Waals surface area contributed by atoms with Gasteiger partial charge in [0.25, 0.3) is 0 Å². The van der Waals surface area contributed by atoms with Gasteiger partial charge >= 0.3 is 0 Å². The molecule has 2 atom stereocenters. The third-order valence-corrected chi connectivity index (χ3v) is 3.46. The summed E-state index contributed by atoms with van der Waals surface area (Å²) >= 11 is 2.44. The van der Waals surface area contributed by atoms with Gasteiger partial charge in [-0.3, -0.25) is 0 Å². The van der Waals surface area contributed by atoms with Gasteiger partial charge in [0, 0.05) is 48.0 Å². The van der Waals surface area contributed by atoms with Gasteiger partial charge in [-0.15, -0.1) is 0 Å². The van der Waals surface area contributed by atoms with Crippen LogP contribution < -0.4 is 5.32 Å². The van der Waals surface area contributed by atoms with Crippen LogP contribution in [0.1, 0.15) is 12.8 Å². The van der Waals surface area contributed by atoms with Gasteiger partial charge in [-0.1, -0.05) is 0 Å². The Balaban J connectivity index is 2.06. The molecule has 3 fully saturated rings. The van der Waals surface area contributed by atoms with E-state index < -0.39 is 0 Å². The summed E-state index contributed by atoms with van der Waals surface area (Å²) in [7, 11) is 0. The molecule has 0 amide bonds. The van der Waals surface area contributed by atoms with Crippen molar-refractivity contribution in [3.8, 4) is 0 Å². The molecule has 0 saturated carbocycles. The second-order valence-corrected chi connectivity index (χ2v) is 4.16. The summed E-state index contributed by atoms with van der Waals surface area (Å²) < 4.78 is 2.45. The zero-order valence-electron chi connectivity index (χ0n) is 5.31. The first-order valence-corrected chi connectivity index (χ1v) is 4.48. The molecule has 2 unspecified atom stereocenters. The first-order chi connectivity index (χ1) is 4.36. The SMILES string of the molecule is IN1CC2CCC1CN2. The minimum absolute atomic E-state index is 0.798. The number of nitrogens with zero attached hydrogens (tertiary/aromatic N) is 1. The number of rotatable bonds is 0. The van der Waals surface area contributed by atoms with Crippen molar-refractivity contribution in [2.75, 3.05) is 13.1 Å². The van der Waals surface area contributed by atoms with E-state index in [9.17, 15) is 0 Å². The van der Waals surface area contributed by atoms with Crippen LogP contribution in [0.4, 0.5) is 0 Å². The van der Waals surface area contributed by atoms with Gasteiger partial charge in [0.15, 0.2) is 0 Å². The van der Waals surface area contributed by atoms with Gasteiger partial charge < -0.3 is 5.32 Å². The topological polar surface area (TPSA) is 15.3 Å². The highest BCUT2D eigenvalue weighted by Crippen LogP contribution is 2.24. The monoisotopic (exact) mass is 238 g/mol. The third kappa shape index (κ3) is 1.10. The number of hydrogen-bond donors (Lipinski definition) is 1. The van der Waals surface area contributed by atoms with Crippen LogP contribution in [0.25, 0.3) is 0 Å². The molecule has 0 aromatic carbocycles. The Hall–Kier alpha value is 0.650. The van der Waals surface area contributed by atoms with E-state index in [4.69, 9.17) is 0 Å². The molecule has 3 aliphatic rings. The van der Waals surface area contributed by atoms with Gasteiger partial charge in [-0.05, 0) is 12.8 Å². The summed E-state index contributed by atoms with van der Waals surface area (Å²) in [4.78, 5) is 0. The normalized spacial score (nSPS) is 43.7. The molecule has 9 heavy (non-hydrogen) atoms. The van der Waals surface area contributed by atoms with Crippen molar-refractivity contribution >= 4 is 22.9 Å². The molecule has 0 aliphatic carbocycles. The summed E-state index contributed by atoms with van der Waals surface area (Å²) in [6.07, 6.45) is 2.80. The van der Waals surface area contributed by atoms with Crippen molar-refractivity contribution in [2.45, 2.75) is 24.9 Å². The van der Waals surface area contributed by atoms with Crippen LogP contribution in [0.15, 0.2) is 0 Å². The largest absolute Gasteiger partial charge is 0.311 e. The highest BCUT2D eigenvalue weighted by Gasteiger charge is 2.31. The van der Waals surface area contributed by atoms with Crippen LogP contribution in [0.2, 0.25) is 0 Å². The Morgan fingerprint density at radius 3 is 2.56 bits per heavy atom. The van der Waals surface area contributed by atoms with Crippen molar-refractivity contribution in [3.05, 3.63) is 0 Å². The van der Waals surface area contributed by atoms with Crippen LogP contribution in [0.3, 0.4) is 0 Å². The molecule has 2 bridgehead atoms. The van der Waals surface area contributed by atoms with Crippen LogP contribution in [-0.4, -0.2) is 28.3 Å². The zero-order valence-corrected chi connectivity index (χ0v) is 7.47. The molecular formula is C6H11IN2. The summed E-state index contributed by atoms with van der Waals surface area (Å²) in [5.74, 6) is 0. The maximum Gasteiger partial charge on any atom is 0.0320 e. The lowest BCUT2D eigenvalue weighted by molar-refractivity contribution is 0.180. The molecule has 0 radical (unpaired) electrons. The minimum Gasteiger partial charge on any atom is -0.311 e. The van der Waals surface area contributed by atoms with E-state index in [0.29, 0.717) is 0 Å². The molecule has 2 nitrogen and oxygen atoms in total. The van der Waals surface area contributed by atoms with Crippen LogP contribution in [0.5, 0.6) is 0 Å². The first kappa shape index (κ1) is 6.37. The zero-order chi connectivity index (χ0) is 6.27. The predicted molar refractivity (Wildman–Crippen MR) is 45.5 cm³/mol. The van der Waals surface area contributed by atoms with E-state index in [0.717, 1.165) is 12.1 Å². The van der Waals surface area contributed by atoms with Crippen molar-refractivity contribution in [1.82, 2.24) is 8.43 Å². The number of fused-ring (bicyclic) bond motifs is 3. The predicted octanol–water partition coefficient (Wildman–Crippen LogP) is 0.773. The van der Waals surface area contributed by atoms with E-state index in [2.05, 4.69) is 31.3 Å². The highest BCUT2D eigenvalue weighted by atomic mass is 127. The van der Waals surface area contributed by atoms with E-state index in [1.165, 1.54) is 25.9 Å². The summed E-state index contributed by atoms with van der Waals surface area (Å²) in [5, 5.41) is 3.50. The summed E-state index contributed by atoms with van der Waals surface area (Å²) in [6.45, 7) is 2.47. The lowest BCUT2D eigenvalue weighted by atomic mass is 9.96. The van der Waals surface area contributed by atoms with Gasteiger partial charge in [0.05, 0.1) is 0 Å². The van der Waals surface area contributed by atoms with Crippen molar-refractivity contribution in [1.29, 1.82) is 0 Å². The van der Waals surface area contributed by atoms with Crippen molar-refractivity contribution in [2.24, 2.45) is 0 Å². The molecule has 3 aliphatic heterocycles. The minimum atomic E-state index is 0.798. The Morgan fingerprint density at radius 2 is 2.33 bits per heavy atom. The average molecular weight is 238 g/mol. The number of piperazine rings is 1. The van der Waals surface area contributed by atoms with Crippen molar-refractivity contribution < 1.29 is 0 Å². The molecular weight excluding hydrogens is 227 g/mol. The Bertz CT molecular complexity index is 110. The molecule has 0 aromatic heterocycles. The Morgan fingerprint density at radius 1 is 1.44 bits per heavy atom. The molecule has 3 heterocycles. The number of halogens is 1. The fraction of sp³-hybridized carbons (Fsp3) is 1.00. The standard InChI is InChI=1S/C6H11IN2/c7-9-4-5-1-2-6(9)3-8-5/h5-6,8H,1-4H2. The highest BCUT2D eigenvalue weighted by molar-refractivity contribution is 14.1. The van der Waals surface area contributed by atoms with E-state index in [1.54, 1.807) is 0 Å². The van der Waals surface area contributed by atoms with Gasteiger partial charge in [-0.25, -0.2) is 3.11 Å². The van der Waals surface area contributed by atoms with E-state index >= 15 is 0 Å². The Kier molecular flexibility index (Phi) is 1.67. The van der Waals surface area contributed by atoms with Crippen LogP contribution >= 0.6 is 22.9 Å². The first-order valence-electron chi connectivity index (χ1n) is 3.52. The van der Waals surface area contributed by atoms with Crippen LogP contribution in [-0.2, 0) is 0 Å². The smallest absolute Gasteiger partial charge is 0.0320 e. The van der Waals surface area contributed by atoms with Gasteiger partial charge in [0.2, 0.25) is 0 Å². The second kappa shape index (κ2) is 2.36. The molecule has 3 heteroatoms. The van der Waals surface area contributed by atoms with Crippen LogP contribution in [0, 0.1) is 0 Å². The Labute approximate surface area is 69.5 Å². The summed E-state index contributed by atoms with van der Waals surface area (Å²) in [6, 6.07) is 1.63. The molecule has 52 valence electrons. The van der Waals surface area contributed by atoms with Gasteiger partial charge in [-0.2, -0.15) is 0 Å². The van der Waals surface area contributed by atoms with Gasteiger partial charge in [0.1, 0.15) is 0 Å². The number of piperidine rings is 2. The maximum absolute atomic E-state index is 3.50. The second-order valence-electron chi connectivity index (χ2n) is 2.92. The molecule has 3 saturated heterocycles. The number of nitrogens with one attached hydrogen (secondary N) is 1. The molecule has 3 rings (SSSR count). The molecule has 0 aromatic rings. The lowest BCUT2D eigenvalue weighted by Crippen LogP contribution is -2.57. The van der Waals surface area contributed by atoms with Crippen molar-refractivity contribution in [3.63, 3.8) is 0 Å². The quantitative estimate of drug-likeness (QED) is 0.495. The average Bonchev–Trinajstić information content (AvgIpc) is 1.90. The fourth-order valence-corrected chi connectivity index (χ4v) is 2.61. The molecule has 1 N–H and O–H groups in total. The maximum atomic E-state index is 3.50. The molecule has 0 spiro atoms. The third-order valence-electron chi connectivity index (χ3n) is 2.28. The fourth-order valence-electron chi connectivity index (χ4n) is 1.65. The van der Waals surface area contributed by atoms with E-state index in [1.807, 2.05) is 0 Å². The number of hydrogen-bond acceptors (Lipinski definition) is 2.